The largest absolute Gasteiger partial charge is 0.497 e. The minimum Gasteiger partial charge on any atom is -0.497 e. The molecule has 1 aromatic carbocycles. The van der Waals surface area contributed by atoms with Gasteiger partial charge in [0.1, 0.15) is 11.1 Å². The number of ether oxygens (including phenoxy) is 1. The highest BCUT2D eigenvalue weighted by Crippen LogP contribution is 2.38. The highest BCUT2D eigenvalue weighted by molar-refractivity contribution is 7.99. The lowest BCUT2D eigenvalue weighted by Crippen LogP contribution is -2.31. The Balaban J connectivity index is 1.88. The van der Waals surface area contributed by atoms with Crippen LogP contribution in [0.2, 0.25) is 0 Å². The molecular weight excluding hydrogens is 284 g/mol. The molecule has 21 heavy (non-hydrogen) atoms. The molecule has 110 valence electrons. The van der Waals surface area contributed by atoms with Crippen LogP contribution in [0.4, 0.5) is 0 Å². The summed E-state index contributed by atoms with van der Waals surface area (Å²) in [7, 11) is 3.63. The molecule has 1 aliphatic rings. The molecule has 1 atom stereocenters. The summed E-state index contributed by atoms with van der Waals surface area (Å²) < 4.78 is 7.28. The number of amides is 1. The molecule has 1 saturated heterocycles. The minimum absolute atomic E-state index is 0.0603. The molecule has 2 heterocycles. The van der Waals surface area contributed by atoms with Crippen LogP contribution < -0.4 is 4.74 Å². The van der Waals surface area contributed by atoms with Crippen molar-refractivity contribution >= 4 is 17.7 Å². The summed E-state index contributed by atoms with van der Waals surface area (Å²) in [5.74, 6) is 1.74. The van der Waals surface area contributed by atoms with Crippen molar-refractivity contribution in [1.82, 2.24) is 9.47 Å². The Morgan fingerprint density at radius 3 is 2.90 bits per heavy atom. The monoisotopic (exact) mass is 302 g/mol. The van der Waals surface area contributed by atoms with Gasteiger partial charge in [-0.1, -0.05) is 6.07 Å². The lowest BCUT2D eigenvalue weighted by Gasteiger charge is -2.24. The fourth-order valence-electron chi connectivity index (χ4n) is 2.58. The number of aromatic nitrogens is 1. The van der Waals surface area contributed by atoms with Crippen molar-refractivity contribution in [2.24, 2.45) is 7.05 Å². The van der Waals surface area contributed by atoms with Gasteiger partial charge in [0.2, 0.25) is 0 Å². The van der Waals surface area contributed by atoms with Crippen molar-refractivity contribution in [2.45, 2.75) is 5.37 Å². The maximum absolute atomic E-state index is 12.8. The summed E-state index contributed by atoms with van der Waals surface area (Å²) in [6.45, 7) is 0.774. The number of hydrogen-bond donors (Lipinski definition) is 0. The molecule has 0 radical (unpaired) electrons. The predicted molar refractivity (Wildman–Crippen MR) is 84.6 cm³/mol. The first-order chi connectivity index (χ1) is 10.2. The van der Waals surface area contributed by atoms with E-state index in [-0.39, 0.29) is 11.3 Å². The molecule has 0 aliphatic carbocycles. The van der Waals surface area contributed by atoms with E-state index in [9.17, 15) is 4.79 Å². The summed E-state index contributed by atoms with van der Waals surface area (Å²) in [5.41, 5.74) is 1.84. The molecule has 1 aliphatic heterocycles. The van der Waals surface area contributed by atoms with Crippen LogP contribution in [0, 0.1) is 0 Å². The summed E-state index contributed by atoms with van der Waals surface area (Å²) in [6.07, 6.45) is 2.02. The minimum atomic E-state index is 0.0603. The zero-order chi connectivity index (χ0) is 14.8. The molecule has 1 fully saturated rings. The number of nitrogens with zero attached hydrogens (tertiary/aromatic N) is 2. The van der Waals surface area contributed by atoms with Crippen LogP contribution >= 0.6 is 11.8 Å². The van der Waals surface area contributed by atoms with Crippen LogP contribution in [0.3, 0.4) is 0 Å². The quantitative estimate of drug-likeness (QED) is 0.874. The van der Waals surface area contributed by atoms with E-state index >= 15 is 0 Å². The van der Waals surface area contributed by atoms with Gasteiger partial charge in [-0.05, 0) is 30.3 Å². The highest BCUT2D eigenvalue weighted by atomic mass is 32.2. The van der Waals surface area contributed by atoms with Crippen molar-refractivity contribution < 1.29 is 9.53 Å². The van der Waals surface area contributed by atoms with E-state index < -0.39 is 0 Å². The molecule has 0 saturated carbocycles. The number of methoxy groups -OCH3 is 1. The average molecular weight is 302 g/mol. The van der Waals surface area contributed by atoms with Crippen LogP contribution in [-0.4, -0.2) is 34.8 Å². The van der Waals surface area contributed by atoms with Gasteiger partial charge in [0.25, 0.3) is 5.91 Å². The van der Waals surface area contributed by atoms with E-state index in [1.807, 2.05) is 54.2 Å². The fraction of sp³-hybridized carbons (Fsp3) is 0.312. The average Bonchev–Trinajstić information content (AvgIpc) is 3.14. The summed E-state index contributed by atoms with van der Waals surface area (Å²) in [4.78, 5) is 14.7. The number of hydrogen-bond acceptors (Lipinski definition) is 3. The molecule has 1 aromatic heterocycles. The topological polar surface area (TPSA) is 34.5 Å². The molecule has 0 spiro atoms. The van der Waals surface area contributed by atoms with E-state index in [1.165, 1.54) is 0 Å². The van der Waals surface area contributed by atoms with Gasteiger partial charge < -0.3 is 14.2 Å². The van der Waals surface area contributed by atoms with Gasteiger partial charge in [-0.3, -0.25) is 4.79 Å². The van der Waals surface area contributed by atoms with Crippen LogP contribution in [0.25, 0.3) is 0 Å². The summed E-state index contributed by atoms with van der Waals surface area (Å²) >= 11 is 1.81. The summed E-state index contributed by atoms with van der Waals surface area (Å²) in [6, 6.07) is 11.4. The predicted octanol–water partition coefficient (Wildman–Crippen LogP) is 2.92. The number of benzene rings is 1. The van der Waals surface area contributed by atoms with Crippen molar-refractivity contribution in [3.8, 4) is 5.75 Å². The Labute approximate surface area is 128 Å². The lowest BCUT2D eigenvalue weighted by atomic mass is 10.2. The first-order valence-corrected chi connectivity index (χ1v) is 7.93. The summed E-state index contributed by atoms with van der Waals surface area (Å²) in [5, 5.41) is 0.0868. The van der Waals surface area contributed by atoms with Gasteiger partial charge in [-0.15, -0.1) is 11.8 Å². The SMILES string of the molecule is COc1cccc(C(=O)N2CCS[C@H]2c2cccn2C)c1. The van der Waals surface area contributed by atoms with Gasteiger partial charge in [-0.25, -0.2) is 0 Å². The third-order valence-corrected chi connectivity index (χ3v) is 4.94. The Bertz CT molecular complexity index is 653. The number of rotatable bonds is 3. The van der Waals surface area contributed by atoms with Crippen molar-refractivity contribution in [1.29, 1.82) is 0 Å². The third kappa shape index (κ3) is 2.65. The lowest BCUT2D eigenvalue weighted by molar-refractivity contribution is 0.0757. The van der Waals surface area contributed by atoms with Gasteiger partial charge in [0.05, 0.1) is 12.8 Å². The molecule has 4 nitrogen and oxygen atoms in total. The van der Waals surface area contributed by atoms with E-state index in [1.54, 1.807) is 13.2 Å². The van der Waals surface area contributed by atoms with Gasteiger partial charge in [0, 0.05) is 31.1 Å². The molecule has 0 N–H and O–H groups in total. The second-order valence-electron chi connectivity index (χ2n) is 5.00. The molecule has 0 bridgehead atoms. The Kier molecular flexibility index (Phi) is 3.92. The van der Waals surface area contributed by atoms with Gasteiger partial charge in [0.15, 0.2) is 0 Å². The van der Waals surface area contributed by atoms with E-state index in [2.05, 4.69) is 10.6 Å². The number of carbonyl (C=O) groups excluding carboxylic acids is 1. The molecule has 1 amide bonds. The molecule has 0 unspecified atom stereocenters. The highest BCUT2D eigenvalue weighted by Gasteiger charge is 2.32. The first kappa shape index (κ1) is 14.1. The molecular formula is C16H18N2O2S. The van der Waals surface area contributed by atoms with E-state index in [4.69, 9.17) is 4.74 Å². The second-order valence-corrected chi connectivity index (χ2v) is 6.19. The normalized spacial score (nSPS) is 18.0. The number of thioether (sulfide) groups is 1. The van der Waals surface area contributed by atoms with Crippen LogP contribution in [0.15, 0.2) is 42.6 Å². The molecule has 2 aromatic rings. The first-order valence-electron chi connectivity index (χ1n) is 6.88. The van der Waals surface area contributed by atoms with Crippen LogP contribution in [0.1, 0.15) is 21.4 Å². The molecule has 5 heteroatoms. The second kappa shape index (κ2) is 5.85. The van der Waals surface area contributed by atoms with Crippen LogP contribution in [0.5, 0.6) is 5.75 Å². The van der Waals surface area contributed by atoms with E-state index in [0.29, 0.717) is 11.3 Å². The Morgan fingerprint density at radius 2 is 2.19 bits per heavy atom. The Hall–Kier alpha value is -1.88. The maximum Gasteiger partial charge on any atom is 0.255 e. The van der Waals surface area contributed by atoms with Crippen molar-refractivity contribution in [3.63, 3.8) is 0 Å². The van der Waals surface area contributed by atoms with Crippen molar-refractivity contribution in [2.75, 3.05) is 19.4 Å². The van der Waals surface area contributed by atoms with Gasteiger partial charge >= 0.3 is 0 Å². The zero-order valence-corrected chi connectivity index (χ0v) is 13.0. The zero-order valence-electron chi connectivity index (χ0n) is 12.2. The van der Waals surface area contributed by atoms with E-state index in [0.717, 1.165) is 18.0 Å². The number of carbonyl (C=O) groups is 1. The standard InChI is InChI=1S/C16H18N2O2S/c1-17-8-4-7-14(17)16-18(9-10-21-16)15(19)12-5-3-6-13(11-12)20-2/h3-8,11,16H,9-10H2,1-2H3/t16-/m0/s1. The van der Waals surface area contributed by atoms with Crippen molar-refractivity contribution in [3.05, 3.63) is 53.9 Å². The van der Waals surface area contributed by atoms with Crippen LogP contribution in [-0.2, 0) is 7.05 Å². The fourth-order valence-corrected chi connectivity index (χ4v) is 3.90. The Morgan fingerprint density at radius 1 is 1.33 bits per heavy atom. The molecule has 3 rings (SSSR count). The third-order valence-electron chi connectivity index (χ3n) is 3.71. The number of aryl methyl sites for hydroxylation is 1. The maximum atomic E-state index is 12.8. The smallest absolute Gasteiger partial charge is 0.255 e. The van der Waals surface area contributed by atoms with Gasteiger partial charge in [-0.2, -0.15) is 0 Å².